The molecule has 1 N–H and O–H groups in total. The summed E-state index contributed by atoms with van der Waals surface area (Å²) in [4.78, 5) is 0. The van der Waals surface area contributed by atoms with Crippen LogP contribution < -0.4 is 5.32 Å². The van der Waals surface area contributed by atoms with Crippen molar-refractivity contribution >= 4 is 0 Å². The highest BCUT2D eigenvalue weighted by molar-refractivity contribution is 4.95. The van der Waals surface area contributed by atoms with Gasteiger partial charge in [0.2, 0.25) is 0 Å². The first-order valence-corrected chi connectivity index (χ1v) is 7.51. The van der Waals surface area contributed by atoms with Gasteiger partial charge in [0.15, 0.2) is 0 Å². The normalized spacial score (nSPS) is 32.6. The van der Waals surface area contributed by atoms with Crippen LogP contribution in [0.5, 0.6) is 0 Å². The molecule has 2 fully saturated rings. The van der Waals surface area contributed by atoms with Crippen molar-refractivity contribution in [3.63, 3.8) is 0 Å². The van der Waals surface area contributed by atoms with E-state index in [1.54, 1.807) is 0 Å². The summed E-state index contributed by atoms with van der Waals surface area (Å²) in [6, 6.07) is 0.841. The maximum atomic E-state index is 3.87. The van der Waals surface area contributed by atoms with Crippen molar-refractivity contribution in [2.75, 3.05) is 6.54 Å². The highest BCUT2D eigenvalue weighted by Gasteiger charge is 2.41. The van der Waals surface area contributed by atoms with Gasteiger partial charge in [-0.05, 0) is 43.4 Å². The zero-order valence-electron chi connectivity index (χ0n) is 11.2. The van der Waals surface area contributed by atoms with E-state index in [1.165, 1.54) is 64.3 Å². The van der Waals surface area contributed by atoms with Crippen molar-refractivity contribution in [1.82, 2.24) is 5.32 Å². The molecule has 2 unspecified atom stereocenters. The Labute approximate surface area is 101 Å². The number of hydrogen-bond donors (Lipinski definition) is 1. The van der Waals surface area contributed by atoms with Gasteiger partial charge in [0.05, 0.1) is 0 Å². The quantitative estimate of drug-likeness (QED) is 0.714. The second-order valence-corrected chi connectivity index (χ2v) is 6.27. The average Bonchev–Trinajstić information content (AvgIpc) is 3.08. The fourth-order valence-corrected chi connectivity index (χ4v) is 3.43. The van der Waals surface area contributed by atoms with E-state index >= 15 is 0 Å². The zero-order chi connectivity index (χ0) is 11.4. The highest BCUT2D eigenvalue weighted by Crippen LogP contribution is 2.49. The molecule has 0 bridgehead atoms. The third-order valence-electron chi connectivity index (χ3n) is 4.86. The summed E-state index contributed by atoms with van der Waals surface area (Å²) in [5.41, 5.74) is 0.730. The van der Waals surface area contributed by atoms with E-state index < -0.39 is 0 Å². The van der Waals surface area contributed by atoms with Gasteiger partial charge in [0, 0.05) is 12.6 Å². The van der Waals surface area contributed by atoms with Gasteiger partial charge in [-0.15, -0.1) is 0 Å². The molecule has 0 saturated heterocycles. The molecule has 0 aromatic heterocycles. The number of rotatable bonds is 6. The van der Waals surface area contributed by atoms with Crippen LogP contribution in [0.15, 0.2) is 0 Å². The largest absolute Gasteiger partial charge is 0.313 e. The molecule has 0 heterocycles. The first-order chi connectivity index (χ1) is 7.78. The topological polar surface area (TPSA) is 12.0 Å². The molecule has 0 spiro atoms. The average molecular weight is 223 g/mol. The molecule has 1 heteroatoms. The molecule has 2 aliphatic rings. The first-order valence-electron chi connectivity index (χ1n) is 7.51. The van der Waals surface area contributed by atoms with E-state index in [4.69, 9.17) is 0 Å². The molecule has 0 aromatic carbocycles. The minimum atomic E-state index is 0.730. The lowest BCUT2D eigenvalue weighted by Gasteiger charge is -2.30. The standard InChI is InChI=1S/C15H29N/c1-3-8-15(9-10-15)12-16-14-7-5-6-13(4-2)11-14/h13-14,16H,3-12H2,1-2H3. The van der Waals surface area contributed by atoms with Crippen LogP contribution in [0.1, 0.15) is 71.6 Å². The molecular formula is C15H29N. The summed E-state index contributed by atoms with van der Waals surface area (Å²) >= 11 is 0. The van der Waals surface area contributed by atoms with E-state index in [-0.39, 0.29) is 0 Å². The van der Waals surface area contributed by atoms with Gasteiger partial charge in [-0.25, -0.2) is 0 Å². The second-order valence-electron chi connectivity index (χ2n) is 6.27. The Bertz CT molecular complexity index is 207. The van der Waals surface area contributed by atoms with E-state index in [2.05, 4.69) is 19.2 Å². The molecule has 2 rings (SSSR count). The van der Waals surface area contributed by atoms with Crippen molar-refractivity contribution in [2.45, 2.75) is 77.7 Å². The minimum absolute atomic E-state index is 0.730. The lowest BCUT2D eigenvalue weighted by molar-refractivity contribution is 0.262. The molecule has 2 atom stereocenters. The Hall–Kier alpha value is -0.0400. The maximum Gasteiger partial charge on any atom is 0.00699 e. The molecule has 94 valence electrons. The van der Waals surface area contributed by atoms with Gasteiger partial charge >= 0.3 is 0 Å². The fourth-order valence-electron chi connectivity index (χ4n) is 3.43. The predicted octanol–water partition coefficient (Wildman–Crippen LogP) is 4.13. The summed E-state index contributed by atoms with van der Waals surface area (Å²) in [6.07, 6.45) is 13.0. The molecule has 0 radical (unpaired) electrons. The van der Waals surface area contributed by atoms with Crippen LogP contribution in [0.2, 0.25) is 0 Å². The third kappa shape index (κ3) is 3.23. The summed E-state index contributed by atoms with van der Waals surface area (Å²) in [7, 11) is 0. The Balaban J connectivity index is 1.69. The van der Waals surface area contributed by atoms with E-state index in [0.717, 1.165) is 17.4 Å². The maximum absolute atomic E-state index is 3.87. The third-order valence-corrected chi connectivity index (χ3v) is 4.86. The zero-order valence-corrected chi connectivity index (χ0v) is 11.2. The summed E-state index contributed by atoms with van der Waals surface area (Å²) in [5, 5.41) is 3.87. The Kier molecular flexibility index (Phi) is 4.29. The van der Waals surface area contributed by atoms with E-state index in [0.29, 0.717) is 0 Å². The van der Waals surface area contributed by atoms with Crippen LogP contribution in [0.4, 0.5) is 0 Å². The molecule has 2 saturated carbocycles. The molecule has 16 heavy (non-hydrogen) atoms. The molecule has 1 nitrogen and oxygen atoms in total. The lowest BCUT2D eigenvalue weighted by atomic mass is 9.84. The summed E-state index contributed by atoms with van der Waals surface area (Å²) in [5.74, 6) is 1.01. The lowest BCUT2D eigenvalue weighted by Crippen LogP contribution is -2.37. The van der Waals surface area contributed by atoms with Gasteiger partial charge in [-0.2, -0.15) is 0 Å². The van der Waals surface area contributed by atoms with Crippen LogP contribution in [0, 0.1) is 11.3 Å². The van der Waals surface area contributed by atoms with Gasteiger partial charge in [0.1, 0.15) is 0 Å². The Morgan fingerprint density at radius 3 is 2.62 bits per heavy atom. The smallest absolute Gasteiger partial charge is 0.00699 e. The van der Waals surface area contributed by atoms with E-state index in [1.807, 2.05) is 0 Å². The van der Waals surface area contributed by atoms with Crippen molar-refractivity contribution in [3.05, 3.63) is 0 Å². The summed E-state index contributed by atoms with van der Waals surface area (Å²) < 4.78 is 0. The van der Waals surface area contributed by atoms with Gasteiger partial charge in [-0.3, -0.25) is 0 Å². The molecule has 2 aliphatic carbocycles. The molecular weight excluding hydrogens is 194 g/mol. The van der Waals surface area contributed by atoms with Gasteiger partial charge in [-0.1, -0.05) is 39.5 Å². The van der Waals surface area contributed by atoms with Crippen LogP contribution in [-0.2, 0) is 0 Å². The predicted molar refractivity (Wildman–Crippen MR) is 70.6 cm³/mol. The van der Waals surface area contributed by atoms with Crippen molar-refractivity contribution in [2.24, 2.45) is 11.3 Å². The number of hydrogen-bond acceptors (Lipinski definition) is 1. The second kappa shape index (κ2) is 5.53. The van der Waals surface area contributed by atoms with Crippen molar-refractivity contribution in [1.29, 1.82) is 0 Å². The monoisotopic (exact) mass is 223 g/mol. The van der Waals surface area contributed by atoms with Gasteiger partial charge < -0.3 is 5.32 Å². The Morgan fingerprint density at radius 1 is 1.19 bits per heavy atom. The minimum Gasteiger partial charge on any atom is -0.313 e. The first kappa shape index (κ1) is 12.4. The van der Waals surface area contributed by atoms with E-state index in [9.17, 15) is 0 Å². The molecule has 0 aromatic rings. The fraction of sp³-hybridized carbons (Fsp3) is 1.00. The number of nitrogens with one attached hydrogen (secondary N) is 1. The SMILES string of the molecule is CCCC1(CNC2CCCC(CC)C2)CC1. The van der Waals surface area contributed by atoms with Gasteiger partial charge in [0.25, 0.3) is 0 Å². The molecule has 0 aliphatic heterocycles. The summed E-state index contributed by atoms with van der Waals surface area (Å²) in [6.45, 7) is 5.99. The molecule has 0 amide bonds. The highest BCUT2D eigenvalue weighted by atomic mass is 14.9. The van der Waals surface area contributed by atoms with Crippen LogP contribution in [-0.4, -0.2) is 12.6 Å². The van der Waals surface area contributed by atoms with Crippen LogP contribution >= 0.6 is 0 Å². The van der Waals surface area contributed by atoms with Crippen molar-refractivity contribution in [3.8, 4) is 0 Å². The Morgan fingerprint density at radius 2 is 2.00 bits per heavy atom. The van der Waals surface area contributed by atoms with Crippen molar-refractivity contribution < 1.29 is 0 Å². The van der Waals surface area contributed by atoms with Crippen LogP contribution in [0.3, 0.4) is 0 Å². The van der Waals surface area contributed by atoms with Crippen LogP contribution in [0.25, 0.3) is 0 Å².